The molecule has 0 aliphatic carbocycles. The quantitative estimate of drug-likeness (QED) is 0.157. The summed E-state index contributed by atoms with van der Waals surface area (Å²) in [5.41, 5.74) is 4.77. The van der Waals surface area contributed by atoms with Crippen molar-refractivity contribution in [2.75, 3.05) is 12.3 Å². The highest BCUT2D eigenvalue weighted by atomic mass is 31.3. The number of aliphatic hydroxyl groups excluding tert-OH is 1. The molecule has 1 saturated heterocycles. The van der Waals surface area contributed by atoms with Gasteiger partial charge in [0, 0.05) is 0 Å². The van der Waals surface area contributed by atoms with Crippen molar-refractivity contribution in [1.82, 2.24) is 4.98 Å². The van der Waals surface area contributed by atoms with Crippen LogP contribution in [0.5, 0.6) is 0 Å². The zero-order valence-electron chi connectivity index (χ0n) is 14.2. The van der Waals surface area contributed by atoms with E-state index in [0.29, 0.717) is 0 Å². The number of H-pyrrole nitrogens is 1. The number of halogens is 2. The summed E-state index contributed by atoms with van der Waals surface area (Å²) in [6.07, 6.45) is -6.15. The second-order valence-corrected chi connectivity index (χ2v) is 10.1. The van der Waals surface area contributed by atoms with Gasteiger partial charge in [-0.25, -0.2) is 32.0 Å². The summed E-state index contributed by atoms with van der Waals surface area (Å²) in [5, 5.41) is 9.87. The molecule has 21 heteroatoms. The van der Waals surface area contributed by atoms with E-state index in [4.69, 9.17) is 20.4 Å². The fourth-order valence-electron chi connectivity index (χ4n) is 2.23. The van der Waals surface area contributed by atoms with E-state index in [2.05, 4.69) is 22.9 Å². The number of hydrogen-bond donors (Lipinski definition) is 7. The molecular formula is C9H15F2N3O13P3+. The standard InChI is InChI=1S/C9H14F2N3O13P3/c10-6-5(16)7(14-2-1-4(15)13-8(14)12)25-9(6,11)3-24-29(20,21)27-30(22,23)26-28(17,18)19/h1-2,5-7,16H,3H2,(H6,12,13,15,17,18,19,20,21,22,23)/p+1/t5-,6+,7-,9-/m1/s1. The Balaban J connectivity index is 2.14. The van der Waals surface area contributed by atoms with Gasteiger partial charge in [0.05, 0.1) is 12.3 Å². The first-order chi connectivity index (χ1) is 13.4. The van der Waals surface area contributed by atoms with E-state index in [1.54, 1.807) is 0 Å². The van der Waals surface area contributed by atoms with Crippen LogP contribution in [-0.2, 0) is 31.6 Å². The van der Waals surface area contributed by atoms with Crippen LogP contribution in [0.4, 0.5) is 14.7 Å². The molecule has 2 unspecified atom stereocenters. The lowest BCUT2D eigenvalue weighted by molar-refractivity contribution is -0.758. The molecule has 6 atom stereocenters. The highest BCUT2D eigenvalue weighted by Crippen LogP contribution is 2.66. The summed E-state index contributed by atoms with van der Waals surface area (Å²) in [6.45, 7) is -1.81. The topological polar surface area (TPSA) is 252 Å². The fourth-order valence-corrected chi connectivity index (χ4v) is 5.26. The largest absolute Gasteiger partial charge is 0.490 e. The predicted molar refractivity (Wildman–Crippen MR) is 86.4 cm³/mol. The SMILES string of the molecule is Nc1[nH]c(=O)cc[n+]1[C@@H]1O[C@](F)(COP(=O)(O)OP(=O)(O)OP(=O)(O)O)[C@@H](F)[C@H]1O. The molecule has 1 aromatic rings. The van der Waals surface area contributed by atoms with Gasteiger partial charge in [-0.2, -0.15) is 8.62 Å². The van der Waals surface area contributed by atoms with Crippen LogP contribution >= 0.6 is 23.5 Å². The molecule has 1 fully saturated rings. The molecule has 0 saturated carbocycles. The van der Waals surface area contributed by atoms with Gasteiger partial charge in [-0.1, -0.05) is 0 Å². The first-order valence-corrected chi connectivity index (χ1v) is 11.8. The molecule has 0 aromatic carbocycles. The molecule has 1 aliphatic heterocycles. The van der Waals surface area contributed by atoms with Gasteiger partial charge in [0.15, 0.2) is 12.3 Å². The number of aliphatic hydroxyl groups is 1. The van der Waals surface area contributed by atoms with Crippen molar-refractivity contribution in [1.29, 1.82) is 0 Å². The first-order valence-electron chi connectivity index (χ1n) is 7.32. The van der Waals surface area contributed by atoms with Crippen LogP contribution in [0.1, 0.15) is 6.23 Å². The van der Waals surface area contributed by atoms with Crippen LogP contribution in [-0.4, -0.2) is 54.4 Å². The van der Waals surface area contributed by atoms with Gasteiger partial charge in [0.2, 0.25) is 6.23 Å². The number of nitrogens with two attached hydrogens (primary N) is 1. The summed E-state index contributed by atoms with van der Waals surface area (Å²) in [4.78, 5) is 48.3. The Morgan fingerprint density at radius 2 is 1.83 bits per heavy atom. The van der Waals surface area contributed by atoms with Crippen molar-refractivity contribution in [3.05, 3.63) is 22.6 Å². The third kappa shape index (κ3) is 6.20. The number of phosphoric ester groups is 1. The Morgan fingerprint density at radius 3 is 2.37 bits per heavy atom. The molecule has 8 N–H and O–H groups in total. The van der Waals surface area contributed by atoms with Gasteiger partial charge in [0.25, 0.3) is 5.85 Å². The van der Waals surface area contributed by atoms with E-state index in [9.17, 15) is 37.3 Å². The molecular weight excluding hydrogens is 489 g/mol. The number of hydrogen-bond acceptors (Lipinski definition) is 10. The number of phosphoric acid groups is 3. The van der Waals surface area contributed by atoms with E-state index in [-0.39, 0.29) is 0 Å². The highest BCUT2D eigenvalue weighted by Gasteiger charge is 2.60. The van der Waals surface area contributed by atoms with Crippen LogP contribution in [0.2, 0.25) is 0 Å². The lowest BCUT2D eigenvalue weighted by Crippen LogP contribution is -2.49. The minimum absolute atomic E-state index is 0.476. The van der Waals surface area contributed by atoms with Crippen LogP contribution in [0, 0.1) is 0 Å². The Labute approximate surface area is 164 Å². The number of anilines is 1. The minimum atomic E-state index is -5.88. The highest BCUT2D eigenvalue weighted by molar-refractivity contribution is 7.66. The van der Waals surface area contributed by atoms with Gasteiger partial charge in [-0.3, -0.25) is 15.1 Å². The van der Waals surface area contributed by atoms with Crippen LogP contribution < -0.4 is 15.9 Å². The van der Waals surface area contributed by atoms with Gasteiger partial charge in [-0.05, 0) is 0 Å². The molecule has 1 aliphatic rings. The zero-order valence-corrected chi connectivity index (χ0v) is 16.9. The van der Waals surface area contributed by atoms with Gasteiger partial charge < -0.3 is 29.4 Å². The maximum absolute atomic E-state index is 14.8. The molecule has 0 spiro atoms. The summed E-state index contributed by atoms with van der Waals surface area (Å²) in [7, 11) is -17.3. The van der Waals surface area contributed by atoms with Crippen LogP contribution in [0.25, 0.3) is 0 Å². The maximum atomic E-state index is 14.8. The number of alkyl halides is 2. The van der Waals surface area contributed by atoms with Gasteiger partial charge in [-0.15, -0.1) is 0 Å². The number of rotatable bonds is 8. The lowest BCUT2D eigenvalue weighted by Gasteiger charge is -2.23. The number of aromatic amines is 1. The summed E-state index contributed by atoms with van der Waals surface area (Å²) >= 11 is 0. The Hall–Kier alpha value is -1.13. The molecule has 16 nitrogen and oxygen atoms in total. The van der Waals surface area contributed by atoms with Crippen molar-refractivity contribution < 1.29 is 69.6 Å². The van der Waals surface area contributed by atoms with E-state index >= 15 is 0 Å². The van der Waals surface area contributed by atoms with E-state index in [0.717, 1.165) is 16.8 Å². The molecule has 30 heavy (non-hydrogen) atoms. The van der Waals surface area contributed by atoms with Gasteiger partial charge >= 0.3 is 35.0 Å². The van der Waals surface area contributed by atoms with Gasteiger partial charge in [0.1, 0.15) is 6.61 Å². The van der Waals surface area contributed by atoms with E-state index in [1.165, 1.54) is 0 Å². The number of aromatic nitrogens is 2. The fraction of sp³-hybridized carbons (Fsp3) is 0.556. The molecule has 0 amide bonds. The predicted octanol–water partition coefficient (Wildman–Crippen LogP) is -1.52. The lowest BCUT2D eigenvalue weighted by atomic mass is 10.1. The van der Waals surface area contributed by atoms with E-state index < -0.39 is 65.9 Å². The van der Waals surface area contributed by atoms with Crippen LogP contribution in [0.15, 0.2) is 17.1 Å². The molecule has 0 bridgehead atoms. The molecule has 1 aromatic heterocycles. The molecule has 172 valence electrons. The second kappa shape index (κ2) is 8.43. The third-order valence-electron chi connectivity index (χ3n) is 3.35. The van der Waals surface area contributed by atoms with Crippen molar-refractivity contribution in [2.24, 2.45) is 0 Å². The molecule has 2 rings (SSSR count). The molecule has 0 radical (unpaired) electrons. The zero-order chi connectivity index (χ0) is 23.1. The van der Waals surface area contributed by atoms with Crippen molar-refractivity contribution >= 4 is 29.4 Å². The monoisotopic (exact) mass is 504 g/mol. The Morgan fingerprint density at radius 1 is 1.23 bits per heavy atom. The second-order valence-electron chi connectivity index (χ2n) is 5.65. The van der Waals surface area contributed by atoms with Crippen molar-refractivity contribution in [3.63, 3.8) is 0 Å². The van der Waals surface area contributed by atoms with Crippen LogP contribution in [0.3, 0.4) is 0 Å². The van der Waals surface area contributed by atoms with Crippen molar-refractivity contribution in [2.45, 2.75) is 24.4 Å². The minimum Gasteiger partial charge on any atom is -0.383 e. The number of nitrogens with zero attached hydrogens (tertiary/aromatic N) is 1. The maximum Gasteiger partial charge on any atom is 0.490 e. The summed E-state index contributed by atoms with van der Waals surface area (Å²) in [6, 6.07) is 0.879. The number of nitrogens with one attached hydrogen (secondary N) is 1. The average molecular weight is 504 g/mol. The average Bonchev–Trinajstić information content (AvgIpc) is 2.75. The first kappa shape index (κ1) is 25.1. The summed E-state index contributed by atoms with van der Waals surface area (Å²) in [5.74, 6) is -4.11. The Kier molecular flexibility index (Phi) is 7.06. The Bertz CT molecular complexity index is 1000. The van der Waals surface area contributed by atoms with E-state index in [1.807, 2.05) is 0 Å². The van der Waals surface area contributed by atoms with Crippen molar-refractivity contribution in [3.8, 4) is 0 Å². The number of ether oxygens (including phenoxy) is 1. The molecule has 2 heterocycles. The third-order valence-corrected chi connectivity index (χ3v) is 7.13. The number of nitrogen functional groups attached to an aromatic ring is 1. The normalized spacial score (nSPS) is 31.2. The smallest absolute Gasteiger partial charge is 0.383 e. The summed E-state index contributed by atoms with van der Waals surface area (Å²) < 4.78 is 78.5.